The van der Waals surface area contributed by atoms with E-state index < -0.39 is 0 Å². The van der Waals surface area contributed by atoms with Gasteiger partial charge in [0, 0.05) is 18.7 Å². The van der Waals surface area contributed by atoms with Crippen LogP contribution in [-0.2, 0) is 11.2 Å². The van der Waals surface area contributed by atoms with Gasteiger partial charge in [-0.1, -0.05) is 0 Å². The number of nitrogens with one attached hydrogen (secondary N) is 1. The largest absolute Gasteiger partial charge is 0.497 e. The predicted molar refractivity (Wildman–Crippen MR) is 64.7 cm³/mol. The lowest BCUT2D eigenvalue weighted by Gasteiger charge is -2.13. The zero-order valence-electron chi connectivity index (χ0n) is 9.91. The number of amides is 1. The Labute approximate surface area is 95.8 Å². The van der Waals surface area contributed by atoms with E-state index in [0.29, 0.717) is 6.42 Å². The molecule has 1 amide bonds. The van der Waals surface area contributed by atoms with Crippen LogP contribution in [0.25, 0.3) is 0 Å². The summed E-state index contributed by atoms with van der Waals surface area (Å²) in [7, 11) is 1.61. The predicted octanol–water partition coefficient (Wildman–Crippen LogP) is 1.54. The monoisotopic (exact) mass is 222 g/mol. The molecule has 1 rings (SSSR count). The molecule has 4 nitrogen and oxygen atoms in total. The molecule has 0 saturated carbocycles. The number of nitrogens with two attached hydrogens (primary N) is 1. The molecule has 1 unspecified atom stereocenters. The molecule has 88 valence electrons. The van der Waals surface area contributed by atoms with Gasteiger partial charge in [0.15, 0.2) is 0 Å². The maximum Gasteiger partial charge on any atom is 0.221 e. The number of anilines is 1. The fraction of sp³-hybridized carbons (Fsp3) is 0.417. The van der Waals surface area contributed by atoms with Crippen molar-refractivity contribution < 1.29 is 9.53 Å². The van der Waals surface area contributed by atoms with E-state index in [1.165, 1.54) is 6.92 Å². The van der Waals surface area contributed by atoms with Crippen LogP contribution in [0.4, 0.5) is 5.69 Å². The van der Waals surface area contributed by atoms with E-state index in [-0.39, 0.29) is 11.9 Å². The Hall–Kier alpha value is -1.55. The molecule has 1 aromatic rings. The number of benzene rings is 1. The van der Waals surface area contributed by atoms with Gasteiger partial charge in [0.05, 0.1) is 7.11 Å². The van der Waals surface area contributed by atoms with Gasteiger partial charge in [-0.15, -0.1) is 0 Å². The van der Waals surface area contributed by atoms with Crippen molar-refractivity contribution in [3.8, 4) is 5.75 Å². The summed E-state index contributed by atoms with van der Waals surface area (Å²) >= 11 is 0. The third kappa shape index (κ3) is 3.55. The van der Waals surface area contributed by atoms with E-state index in [1.54, 1.807) is 7.11 Å². The number of rotatable bonds is 4. The summed E-state index contributed by atoms with van der Waals surface area (Å²) in [4.78, 5) is 11.0. The molecule has 1 aromatic carbocycles. The lowest BCUT2D eigenvalue weighted by molar-refractivity contribution is -0.114. The summed E-state index contributed by atoms with van der Waals surface area (Å²) in [5.41, 5.74) is 7.55. The van der Waals surface area contributed by atoms with Crippen LogP contribution in [-0.4, -0.2) is 19.1 Å². The van der Waals surface area contributed by atoms with Crippen LogP contribution in [0.2, 0.25) is 0 Å². The molecular formula is C12H18N2O2. The molecule has 0 aliphatic carbocycles. The molecule has 0 fully saturated rings. The quantitative estimate of drug-likeness (QED) is 0.812. The number of ether oxygens (including phenoxy) is 1. The average Bonchev–Trinajstić information content (AvgIpc) is 2.19. The van der Waals surface area contributed by atoms with Crippen LogP contribution in [0.15, 0.2) is 18.2 Å². The molecule has 4 heteroatoms. The fourth-order valence-corrected chi connectivity index (χ4v) is 1.52. The molecule has 1 atom stereocenters. The first kappa shape index (κ1) is 12.5. The molecule has 0 aliphatic rings. The zero-order chi connectivity index (χ0) is 12.1. The van der Waals surface area contributed by atoms with Crippen molar-refractivity contribution in [3.05, 3.63) is 23.8 Å². The molecule has 0 saturated heterocycles. The number of carbonyl (C=O) groups excluding carboxylic acids is 1. The number of hydrogen-bond donors (Lipinski definition) is 2. The molecule has 0 bridgehead atoms. The van der Waals surface area contributed by atoms with E-state index in [4.69, 9.17) is 10.5 Å². The first-order valence-electron chi connectivity index (χ1n) is 5.23. The van der Waals surface area contributed by atoms with Gasteiger partial charge in [-0.3, -0.25) is 4.79 Å². The van der Waals surface area contributed by atoms with E-state index in [9.17, 15) is 4.79 Å². The van der Waals surface area contributed by atoms with Gasteiger partial charge in [-0.25, -0.2) is 0 Å². The third-order valence-electron chi connectivity index (χ3n) is 2.16. The maximum absolute atomic E-state index is 11.0. The maximum atomic E-state index is 11.0. The average molecular weight is 222 g/mol. The topological polar surface area (TPSA) is 64.3 Å². The minimum absolute atomic E-state index is 0.0413. The van der Waals surface area contributed by atoms with Crippen molar-refractivity contribution >= 4 is 11.6 Å². The highest BCUT2D eigenvalue weighted by Crippen LogP contribution is 2.23. The van der Waals surface area contributed by atoms with Crippen LogP contribution in [0, 0.1) is 0 Å². The Bertz CT molecular complexity index is 375. The molecular weight excluding hydrogens is 204 g/mol. The van der Waals surface area contributed by atoms with Gasteiger partial charge >= 0.3 is 0 Å². The van der Waals surface area contributed by atoms with Crippen molar-refractivity contribution in [2.75, 3.05) is 12.4 Å². The van der Waals surface area contributed by atoms with Crippen molar-refractivity contribution in [2.45, 2.75) is 26.3 Å². The highest BCUT2D eigenvalue weighted by Gasteiger charge is 2.07. The summed E-state index contributed by atoms with van der Waals surface area (Å²) in [5.74, 6) is 0.681. The number of hydrogen-bond acceptors (Lipinski definition) is 3. The number of methoxy groups -OCH3 is 1. The second-order valence-corrected chi connectivity index (χ2v) is 3.89. The van der Waals surface area contributed by atoms with Crippen LogP contribution >= 0.6 is 0 Å². The van der Waals surface area contributed by atoms with Gasteiger partial charge in [-0.05, 0) is 37.1 Å². The van der Waals surface area contributed by atoms with E-state index >= 15 is 0 Å². The summed E-state index contributed by atoms with van der Waals surface area (Å²) in [6.07, 6.45) is 0.701. The Morgan fingerprint density at radius 2 is 2.25 bits per heavy atom. The molecule has 3 N–H and O–H groups in total. The second-order valence-electron chi connectivity index (χ2n) is 3.89. The summed E-state index contributed by atoms with van der Waals surface area (Å²) in [6.45, 7) is 3.41. The van der Waals surface area contributed by atoms with Gasteiger partial charge in [0.25, 0.3) is 0 Å². The fourth-order valence-electron chi connectivity index (χ4n) is 1.52. The van der Waals surface area contributed by atoms with E-state index in [1.807, 2.05) is 25.1 Å². The summed E-state index contributed by atoms with van der Waals surface area (Å²) in [6, 6.07) is 5.59. The minimum atomic E-state index is -0.0870. The Balaban J connectivity index is 3.00. The molecule has 0 aromatic heterocycles. The zero-order valence-corrected chi connectivity index (χ0v) is 9.91. The normalized spacial score (nSPS) is 12.0. The SMILES string of the molecule is COc1ccc(NC(C)=O)c(CC(C)N)c1. The smallest absolute Gasteiger partial charge is 0.221 e. The van der Waals surface area contributed by atoms with Crippen molar-refractivity contribution in [1.82, 2.24) is 0 Å². The first-order chi connectivity index (χ1) is 7.52. The van der Waals surface area contributed by atoms with Gasteiger partial charge in [0.2, 0.25) is 5.91 Å². The summed E-state index contributed by atoms with van der Waals surface area (Å²) in [5, 5.41) is 2.78. The number of carbonyl (C=O) groups is 1. The third-order valence-corrected chi connectivity index (χ3v) is 2.16. The van der Waals surface area contributed by atoms with Crippen molar-refractivity contribution in [1.29, 1.82) is 0 Å². The second kappa shape index (κ2) is 5.51. The Kier molecular flexibility index (Phi) is 4.31. The lowest BCUT2D eigenvalue weighted by atomic mass is 10.0. The van der Waals surface area contributed by atoms with Crippen molar-refractivity contribution in [2.24, 2.45) is 5.73 Å². The summed E-state index contributed by atoms with van der Waals surface area (Å²) < 4.78 is 5.14. The standard InChI is InChI=1S/C12H18N2O2/c1-8(13)6-10-7-11(16-3)4-5-12(10)14-9(2)15/h4-5,7-8H,6,13H2,1-3H3,(H,14,15). The highest BCUT2D eigenvalue weighted by atomic mass is 16.5. The molecule has 0 radical (unpaired) electrons. The van der Waals surface area contributed by atoms with Gasteiger partial charge in [-0.2, -0.15) is 0 Å². The molecule has 0 heterocycles. The molecule has 0 spiro atoms. The van der Waals surface area contributed by atoms with Crippen LogP contribution in [0.1, 0.15) is 19.4 Å². The lowest BCUT2D eigenvalue weighted by Crippen LogP contribution is -2.19. The van der Waals surface area contributed by atoms with Gasteiger partial charge in [0.1, 0.15) is 5.75 Å². The van der Waals surface area contributed by atoms with E-state index in [2.05, 4.69) is 5.32 Å². The van der Waals surface area contributed by atoms with Crippen LogP contribution < -0.4 is 15.8 Å². The van der Waals surface area contributed by atoms with Crippen LogP contribution in [0.5, 0.6) is 5.75 Å². The van der Waals surface area contributed by atoms with Gasteiger partial charge < -0.3 is 15.8 Å². The Morgan fingerprint density at radius 3 is 2.75 bits per heavy atom. The minimum Gasteiger partial charge on any atom is -0.497 e. The molecule has 16 heavy (non-hydrogen) atoms. The van der Waals surface area contributed by atoms with E-state index in [0.717, 1.165) is 17.0 Å². The Morgan fingerprint density at radius 1 is 1.56 bits per heavy atom. The molecule has 0 aliphatic heterocycles. The van der Waals surface area contributed by atoms with Crippen molar-refractivity contribution in [3.63, 3.8) is 0 Å². The van der Waals surface area contributed by atoms with Crippen LogP contribution in [0.3, 0.4) is 0 Å². The highest BCUT2D eigenvalue weighted by molar-refractivity contribution is 5.89. The first-order valence-corrected chi connectivity index (χ1v) is 5.23.